The van der Waals surface area contributed by atoms with E-state index in [0.717, 1.165) is 0 Å². The summed E-state index contributed by atoms with van der Waals surface area (Å²) in [5.74, 6) is -0.0444. The van der Waals surface area contributed by atoms with Gasteiger partial charge in [0.15, 0.2) is 12.4 Å². The molecular weight excluding hydrogens is 501 g/mol. The topological polar surface area (TPSA) is 127 Å². The van der Waals surface area contributed by atoms with Crippen molar-refractivity contribution in [1.82, 2.24) is 15.3 Å². The lowest BCUT2D eigenvalue weighted by molar-refractivity contribution is -0.123. The van der Waals surface area contributed by atoms with Crippen molar-refractivity contribution in [1.29, 1.82) is 0 Å². The Balaban J connectivity index is 1.64. The third kappa shape index (κ3) is 7.91. The first-order chi connectivity index (χ1) is 17.9. The molecule has 0 saturated heterocycles. The molecule has 0 aliphatic rings. The van der Waals surface area contributed by atoms with E-state index in [4.69, 9.17) is 28.0 Å². The molecule has 198 valence electrons. The van der Waals surface area contributed by atoms with Gasteiger partial charge in [-0.25, -0.2) is 0 Å². The number of hydrogen-bond acceptors (Lipinski definition) is 10. The molecule has 12 heteroatoms. The van der Waals surface area contributed by atoms with Gasteiger partial charge in [-0.3, -0.25) is 9.36 Å². The summed E-state index contributed by atoms with van der Waals surface area (Å²) in [5, 5.41) is 2.74. The Hall–Kier alpha value is -3.66. The van der Waals surface area contributed by atoms with Crippen molar-refractivity contribution >= 4 is 13.5 Å². The van der Waals surface area contributed by atoms with Gasteiger partial charge in [0.1, 0.15) is 11.5 Å². The fourth-order valence-electron chi connectivity index (χ4n) is 3.22. The van der Waals surface area contributed by atoms with Crippen LogP contribution in [0.5, 0.6) is 29.3 Å². The zero-order valence-electron chi connectivity index (χ0n) is 21.1. The molecule has 1 unspecified atom stereocenters. The first kappa shape index (κ1) is 27.9. The molecule has 0 saturated carbocycles. The number of ether oxygens (including phenoxy) is 4. The Labute approximate surface area is 215 Å². The van der Waals surface area contributed by atoms with Gasteiger partial charge in [-0.05, 0) is 43.7 Å². The average molecular weight is 532 g/mol. The number of hydrogen-bond donors (Lipinski definition) is 1. The summed E-state index contributed by atoms with van der Waals surface area (Å²) in [6, 6.07) is 17.0. The maximum Gasteiger partial charge on any atom is 0.357 e. The largest absolute Gasteiger partial charge is 0.484 e. The number of aromatic nitrogens is 2. The number of methoxy groups -OCH3 is 2. The highest BCUT2D eigenvalue weighted by Crippen LogP contribution is 2.59. The zero-order valence-corrected chi connectivity index (χ0v) is 22.0. The molecule has 0 fully saturated rings. The van der Waals surface area contributed by atoms with Crippen molar-refractivity contribution in [2.45, 2.75) is 19.6 Å². The third-order valence-electron chi connectivity index (χ3n) is 4.83. The van der Waals surface area contributed by atoms with Crippen molar-refractivity contribution in [2.75, 3.05) is 34.0 Å². The van der Waals surface area contributed by atoms with Gasteiger partial charge in [0.05, 0.1) is 33.5 Å². The fraction of sp³-hybridized carbons (Fsp3) is 0.320. The molecule has 3 aromatic rings. The average Bonchev–Trinajstić information content (AvgIpc) is 2.91. The Kier molecular flexibility index (Phi) is 10.3. The normalized spacial score (nSPS) is 11.9. The summed E-state index contributed by atoms with van der Waals surface area (Å²) >= 11 is 0. The number of carbonyl (C=O) groups is 1. The summed E-state index contributed by atoms with van der Waals surface area (Å²) in [5.41, 5.74) is 0.596. The number of nitrogens with zero attached hydrogens (tertiary/aromatic N) is 2. The maximum atomic E-state index is 13.5. The molecule has 0 bridgehead atoms. The van der Waals surface area contributed by atoms with Crippen molar-refractivity contribution in [3.63, 3.8) is 0 Å². The van der Waals surface area contributed by atoms with E-state index in [2.05, 4.69) is 15.3 Å². The van der Waals surface area contributed by atoms with Crippen molar-refractivity contribution < 1.29 is 37.4 Å². The predicted octanol–water partition coefficient (Wildman–Crippen LogP) is 4.75. The van der Waals surface area contributed by atoms with Crippen LogP contribution in [-0.2, 0) is 18.4 Å². The van der Waals surface area contributed by atoms with Crippen LogP contribution in [0.2, 0.25) is 0 Å². The predicted molar refractivity (Wildman–Crippen MR) is 135 cm³/mol. The standard InChI is InChI=1S/C25H30N3O8P/c1-5-34-37(30,35-6-2)24(18-10-8-7-9-11-18)26-21(29)17-33-19-12-14-20(15-13-19)36-25-27-22(31-3)16-23(28-25)32-4/h7-16,24H,5-6,17H2,1-4H3,(H,26,29). The van der Waals surface area contributed by atoms with Crippen LogP contribution in [0.1, 0.15) is 25.2 Å². The molecule has 2 aromatic carbocycles. The van der Waals surface area contributed by atoms with Gasteiger partial charge in [-0.15, -0.1) is 0 Å². The molecular formula is C25H30N3O8P. The van der Waals surface area contributed by atoms with E-state index in [1.165, 1.54) is 20.3 Å². The van der Waals surface area contributed by atoms with Gasteiger partial charge in [0.2, 0.25) is 11.8 Å². The Morgan fingerprint density at radius 1 is 0.892 bits per heavy atom. The molecule has 1 N–H and O–H groups in total. The smallest absolute Gasteiger partial charge is 0.357 e. The van der Waals surface area contributed by atoms with Crippen molar-refractivity contribution in [3.8, 4) is 29.3 Å². The molecule has 1 amide bonds. The van der Waals surface area contributed by atoms with Gasteiger partial charge >= 0.3 is 13.6 Å². The lowest BCUT2D eigenvalue weighted by atomic mass is 10.2. The minimum atomic E-state index is -3.69. The van der Waals surface area contributed by atoms with Gasteiger partial charge in [0, 0.05) is 0 Å². The highest BCUT2D eigenvalue weighted by molar-refractivity contribution is 7.54. The van der Waals surface area contributed by atoms with E-state index >= 15 is 0 Å². The van der Waals surface area contributed by atoms with Crippen molar-refractivity contribution in [3.05, 3.63) is 66.2 Å². The van der Waals surface area contributed by atoms with Crippen LogP contribution in [0.3, 0.4) is 0 Å². The molecule has 0 spiro atoms. The van der Waals surface area contributed by atoms with E-state index in [1.807, 2.05) is 6.07 Å². The highest BCUT2D eigenvalue weighted by atomic mass is 31.2. The van der Waals surface area contributed by atoms with E-state index in [0.29, 0.717) is 28.8 Å². The van der Waals surface area contributed by atoms with Crippen LogP contribution in [0.25, 0.3) is 0 Å². The monoisotopic (exact) mass is 531 g/mol. The Bertz CT molecular complexity index is 1160. The molecule has 1 atom stereocenters. The van der Waals surface area contributed by atoms with Crippen LogP contribution < -0.4 is 24.3 Å². The minimum Gasteiger partial charge on any atom is -0.484 e. The number of amides is 1. The first-order valence-electron chi connectivity index (χ1n) is 11.5. The SMILES string of the molecule is CCOP(=O)(OCC)C(NC(=O)COc1ccc(Oc2nc(OC)cc(OC)n2)cc1)c1ccccc1. The van der Waals surface area contributed by atoms with Crippen LogP contribution in [-0.4, -0.2) is 49.9 Å². The number of carbonyl (C=O) groups excluding carboxylic acids is 1. The first-order valence-corrected chi connectivity index (χ1v) is 13.1. The van der Waals surface area contributed by atoms with Crippen molar-refractivity contribution in [2.24, 2.45) is 0 Å². The summed E-state index contributed by atoms with van der Waals surface area (Å²) in [6.07, 6.45) is 0. The van der Waals surface area contributed by atoms with E-state index in [9.17, 15) is 9.36 Å². The molecule has 1 aromatic heterocycles. The lowest BCUT2D eigenvalue weighted by Crippen LogP contribution is -2.33. The molecule has 3 rings (SSSR count). The summed E-state index contributed by atoms with van der Waals surface area (Å²) in [4.78, 5) is 21.0. The third-order valence-corrected chi connectivity index (χ3v) is 7.12. The Morgan fingerprint density at radius 2 is 1.46 bits per heavy atom. The van der Waals surface area contributed by atoms with Gasteiger partial charge in [0.25, 0.3) is 5.91 Å². The minimum absolute atomic E-state index is 0.0456. The number of nitrogens with one attached hydrogen (secondary N) is 1. The van der Waals surface area contributed by atoms with Gasteiger partial charge in [-0.1, -0.05) is 30.3 Å². The van der Waals surface area contributed by atoms with E-state index in [1.54, 1.807) is 62.4 Å². The quantitative estimate of drug-likeness (QED) is 0.291. The molecule has 0 radical (unpaired) electrons. The molecule has 0 aliphatic carbocycles. The molecule has 11 nitrogen and oxygen atoms in total. The van der Waals surface area contributed by atoms with Crippen LogP contribution in [0.4, 0.5) is 0 Å². The summed E-state index contributed by atoms with van der Waals surface area (Å²) < 4.78 is 45.9. The fourth-order valence-corrected chi connectivity index (χ4v) is 5.15. The summed E-state index contributed by atoms with van der Waals surface area (Å²) in [7, 11) is -0.738. The van der Waals surface area contributed by atoms with Gasteiger partial charge in [-0.2, -0.15) is 9.97 Å². The second-order valence-corrected chi connectivity index (χ2v) is 9.47. The Morgan fingerprint density at radius 3 is 2.00 bits per heavy atom. The number of benzene rings is 2. The van der Waals surface area contributed by atoms with E-state index < -0.39 is 19.3 Å². The zero-order chi connectivity index (χ0) is 26.7. The van der Waals surface area contributed by atoms with Crippen LogP contribution in [0.15, 0.2) is 60.7 Å². The second-order valence-electron chi connectivity index (χ2n) is 7.35. The molecule has 1 heterocycles. The van der Waals surface area contributed by atoms with Crippen LogP contribution >= 0.6 is 7.60 Å². The van der Waals surface area contributed by atoms with Gasteiger partial charge < -0.3 is 33.3 Å². The maximum absolute atomic E-state index is 13.5. The summed E-state index contributed by atoms with van der Waals surface area (Å²) in [6.45, 7) is 3.42. The second kappa shape index (κ2) is 13.6. The number of rotatable bonds is 14. The van der Waals surface area contributed by atoms with E-state index in [-0.39, 0.29) is 25.8 Å². The molecule has 0 aliphatic heterocycles. The highest BCUT2D eigenvalue weighted by Gasteiger charge is 2.38. The van der Waals surface area contributed by atoms with Crippen LogP contribution in [0, 0.1) is 0 Å². The lowest BCUT2D eigenvalue weighted by Gasteiger charge is -2.27. The molecule has 37 heavy (non-hydrogen) atoms.